The zero-order valence-corrected chi connectivity index (χ0v) is 27.2. The number of carbonyl (C=O) groups is 1. The van der Waals surface area contributed by atoms with Crippen molar-refractivity contribution in [1.82, 2.24) is 24.2 Å². The molecule has 2 saturated carbocycles. The molecule has 3 aliphatic rings. The van der Waals surface area contributed by atoms with Gasteiger partial charge in [-0.15, -0.1) is 0 Å². The Labute approximate surface area is 263 Å². The number of aryl methyl sites for hydroxylation is 1. The fraction of sp³-hybridized carbons (Fsp3) is 0.562. The normalized spacial score (nSPS) is 18.6. The van der Waals surface area contributed by atoms with Crippen molar-refractivity contribution in [3.05, 3.63) is 52.4 Å². The van der Waals surface area contributed by atoms with Crippen LogP contribution in [0.2, 0.25) is 0 Å². The van der Waals surface area contributed by atoms with Crippen LogP contribution in [0, 0.1) is 12.3 Å². The van der Waals surface area contributed by atoms with Crippen LogP contribution in [0.15, 0.2) is 46.2 Å². The van der Waals surface area contributed by atoms with Gasteiger partial charge in [0.1, 0.15) is 11.2 Å². The van der Waals surface area contributed by atoms with Crippen LogP contribution in [0.1, 0.15) is 70.9 Å². The van der Waals surface area contributed by atoms with Gasteiger partial charge >= 0.3 is 6.09 Å². The summed E-state index contributed by atoms with van der Waals surface area (Å²) in [6.07, 6.45) is 7.30. The summed E-state index contributed by atoms with van der Waals surface area (Å²) in [4.78, 5) is 35.9. The molecule has 6 rings (SSSR count). The van der Waals surface area contributed by atoms with E-state index in [9.17, 15) is 18.0 Å². The van der Waals surface area contributed by atoms with Gasteiger partial charge in [0.25, 0.3) is 5.56 Å². The maximum atomic E-state index is 13.0. The summed E-state index contributed by atoms with van der Waals surface area (Å²) < 4.78 is 41.7. The predicted molar refractivity (Wildman–Crippen MR) is 170 cm³/mol. The largest absolute Gasteiger partial charge is 0.444 e. The average molecular weight is 639 g/mol. The number of hydrogen-bond donors (Lipinski definition) is 2. The molecule has 2 N–H and O–H groups in total. The highest BCUT2D eigenvalue weighted by molar-refractivity contribution is 7.89. The molecule has 1 spiro atoms. The second-order valence-corrected chi connectivity index (χ2v) is 15.5. The van der Waals surface area contributed by atoms with E-state index in [0.717, 1.165) is 43.9 Å². The number of fused-ring (bicyclic) bond motifs is 1. The number of anilines is 2. The van der Waals surface area contributed by atoms with Gasteiger partial charge < -0.3 is 19.7 Å². The molecule has 13 heteroatoms. The van der Waals surface area contributed by atoms with Crippen molar-refractivity contribution in [2.75, 3.05) is 31.6 Å². The van der Waals surface area contributed by atoms with Crippen LogP contribution in [-0.2, 0) is 19.5 Å². The highest BCUT2D eigenvalue weighted by Crippen LogP contribution is 2.49. The third-order valence-electron chi connectivity index (χ3n) is 8.88. The van der Waals surface area contributed by atoms with Crippen LogP contribution in [0.3, 0.4) is 0 Å². The first-order chi connectivity index (χ1) is 21.3. The summed E-state index contributed by atoms with van der Waals surface area (Å²) in [5.41, 5.74) is 1.50. The first kappa shape index (κ1) is 31.4. The number of pyridine rings is 1. The number of ether oxygens (including phenoxy) is 2. The van der Waals surface area contributed by atoms with E-state index >= 15 is 0 Å². The standard InChI is InChI=1S/C32H42N6O6S/c1-21-15-25(45(41,42)34-13-14-43-24-16-32(17-24)19-37(20-32)30(40)44-31(2,3)4)10-11-26(21)35-29-33-18-22-9-12-27(39)38(28(22)36-29)23-7-5-6-8-23/h9-12,15,18,23-24,34H,5-8,13-14,16-17,19-20H2,1-4H3,(H,33,35,36). The number of rotatable bonds is 9. The summed E-state index contributed by atoms with van der Waals surface area (Å²) in [6.45, 7) is 9.15. The second kappa shape index (κ2) is 12.0. The van der Waals surface area contributed by atoms with Gasteiger partial charge in [-0.05, 0) is 83.2 Å². The summed E-state index contributed by atoms with van der Waals surface area (Å²) in [6, 6.07) is 8.28. The zero-order valence-electron chi connectivity index (χ0n) is 26.3. The third-order valence-corrected chi connectivity index (χ3v) is 10.3. The molecule has 0 unspecified atom stereocenters. The first-order valence-electron chi connectivity index (χ1n) is 15.7. The van der Waals surface area contributed by atoms with E-state index in [4.69, 9.17) is 9.47 Å². The molecule has 0 atom stereocenters. The highest BCUT2D eigenvalue weighted by atomic mass is 32.2. The minimum absolute atomic E-state index is 0.0630. The van der Waals surface area contributed by atoms with Crippen LogP contribution in [-0.4, -0.2) is 71.9 Å². The van der Waals surface area contributed by atoms with Gasteiger partial charge in [-0.3, -0.25) is 9.36 Å². The number of aromatic nitrogens is 3. The fourth-order valence-electron chi connectivity index (χ4n) is 6.66. The van der Waals surface area contributed by atoms with Gasteiger partial charge in [0.05, 0.1) is 17.6 Å². The molecule has 12 nitrogen and oxygen atoms in total. The maximum Gasteiger partial charge on any atom is 0.410 e. The van der Waals surface area contributed by atoms with Gasteiger partial charge in [0.15, 0.2) is 0 Å². The molecule has 3 aromatic rings. The molecule has 3 heterocycles. The Morgan fingerprint density at radius 2 is 1.84 bits per heavy atom. The lowest BCUT2D eigenvalue weighted by Crippen LogP contribution is -2.65. The van der Waals surface area contributed by atoms with Crippen molar-refractivity contribution in [2.45, 2.75) is 88.9 Å². The molecular weight excluding hydrogens is 596 g/mol. The van der Waals surface area contributed by atoms with E-state index in [1.807, 2.05) is 27.7 Å². The monoisotopic (exact) mass is 638 g/mol. The smallest absolute Gasteiger partial charge is 0.410 e. The number of nitrogens with zero attached hydrogens (tertiary/aromatic N) is 4. The number of carbonyl (C=O) groups excluding carboxylic acids is 1. The molecule has 3 fully saturated rings. The molecule has 1 aliphatic heterocycles. The van der Waals surface area contributed by atoms with Gasteiger partial charge in [0.2, 0.25) is 16.0 Å². The van der Waals surface area contributed by atoms with E-state index in [-0.39, 0.29) is 47.3 Å². The second-order valence-electron chi connectivity index (χ2n) is 13.7. The Morgan fingerprint density at radius 1 is 1.11 bits per heavy atom. The molecule has 0 bridgehead atoms. The van der Waals surface area contributed by atoms with E-state index in [2.05, 4.69) is 20.0 Å². The van der Waals surface area contributed by atoms with Crippen LogP contribution < -0.4 is 15.6 Å². The topological polar surface area (TPSA) is 145 Å². The van der Waals surface area contributed by atoms with Crippen molar-refractivity contribution in [3.63, 3.8) is 0 Å². The highest BCUT2D eigenvalue weighted by Gasteiger charge is 2.54. The minimum Gasteiger partial charge on any atom is -0.444 e. The molecule has 242 valence electrons. The van der Waals surface area contributed by atoms with Crippen LogP contribution in [0.4, 0.5) is 16.4 Å². The first-order valence-corrected chi connectivity index (χ1v) is 17.1. The van der Waals surface area contributed by atoms with Crippen LogP contribution in [0.25, 0.3) is 11.0 Å². The van der Waals surface area contributed by atoms with Gasteiger partial charge in [0, 0.05) is 54.4 Å². The van der Waals surface area contributed by atoms with E-state index in [1.165, 1.54) is 6.07 Å². The zero-order chi connectivity index (χ0) is 32.0. The number of amides is 1. The summed E-state index contributed by atoms with van der Waals surface area (Å²) >= 11 is 0. The molecule has 45 heavy (non-hydrogen) atoms. The third kappa shape index (κ3) is 6.85. The Bertz CT molecular complexity index is 1750. The van der Waals surface area contributed by atoms with Crippen molar-refractivity contribution in [3.8, 4) is 0 Å². The summed E-state index contributed by atoms with van der Waals surface area (Å²) in [7, 11) is -3.74. The molecule has 0 radical (unpaired) electrons. The van der Waals surface area contributed by atoms with Crippen LogP contribution in [0.5, 0.6) is 0 Å². The average Bonchev–Trinajstić information content (AvgIpc) is 3.45. The molecule has 2 aromatic heterocycles. The summed E-state index contributed by atoms with van der Waals surface area (Å²) in [5.74, 6) is 0.339. The number of benzene rings is 1. The van der Waals surface area contributed by atoms with Gasteiger partial charge in [-0.1, -0.05) is 12.8 Å². The van der Waals surface area contributed by atoms with Gasteiger partial charge in [-0.25, -0.2) is 22.9 Å². The Morgan fingerprint density at radius 3 is 2.53 bits per heavy atom. The van der Waals surface area contributed by atoms with Crippen LogP contribution >= 0.6 is 0 Å². The number of hydrogen-bond acceptors (Lipinski definition) is 9. The number of nitrogens with one attached hydrogen (secondary N) is 2. The van der Waals surface area contributed by atoms with Gasteiger partial charge in [-0.2, -0.15) is 4.98 Å². The maximum absolute atomic E-state index is 13.0. The van der Waals surface area contributed by atoms with Crippen molar-refractivity contribution >= 4 is 38.8 Å². The fourth-order valence-corrected chi connectivity index (χ4v) is 7.76. The lowest BCUT2D eigenvalue weighted by Gasteiger charge is -2.58. The van der Waals surface area contributed by atoms with Crippen molar-refractivity contribution in [1.29, 1.82) is 0 Å². The van der Waals surface area contributed by atoms with Crippen molar-refractivity contribution in [2.24, 2.45) is 5.41 Å². The Kier molecular flexibility index (Phi) is 8.38. The van der Waals surface area contributed by atoms with E-state index < -0.39 is 15.6 Å². The molecule has 1 amide bonds. The minimum atomic E-state index is -3.74. The van der Waals surface area contributed by atoms with E-state index in [1.54, 1.807) is 39.9 Å². The van der Waals surface area contributed by atoms with E-state index in [0.29, 0.717) is 35.9 Å². The lowest BCUT2D eigenvalue weighted by atomic mass is 9.62. The molecule has 2 aliphatic carbocycles. The molecule has 1 saturated heterocycles. The quantitative estimate of drug-likeness (QED) is 0.320. The number of sulfonamides is 1. The van der Waals surface area contributed by atoms with Crippen molar-refractivity contribution < 1.29 is 22.7 Å². The summed E-state index contributed by atoms with van der Waals surface area (Å²) in [5, 5.41) is 3.99. The predicted octanol–water partition coefficient (Wildman–Crippen LogP) is 4.65. The SMILES string of the molecule is Cc1cc(S(=O)(=O)NCCOC2CC3(C2)CN(C(=O)OC(C)(C)C)C3)ccc1Nc1ncc2ccc(=O)n(C3CCCC3)c2n1. The molecule has 1 aromatic carbocycles. The lowest BCUT2D eigenvalue weighted by molar-refractivity contribution is -0.145. The Balaban J connectivity index is 0.998. The number of likely N-dealkylation sites (tertiary alicyclic amines) is 1. The molecular formula is C32H42N6O6S. The Hall–Kier alpha value is -3.55.